The molecule has 1 aliphatic heterocycles. The third-order valence-electron chi connectivity index (χ3n) is 3.48. The second-order valence-electron chi connectivity index (χ2n) is 5.12. The van der Waals surface area contributed by atoms with Gasteiger partial charge in [0.05, 0.1) is 11.0 Å². The van der Waals surface area contributed by atoms with E-state index in [1.165, 1.54) is 12.1 Å². The number of benzene rings is 1. The van der Waals surface area contributed by atoms with Gasteiger partial charge in [0.2, 0.25) is 5.91 Å². The van der Waals surface area contributed by atoms with Crippen molar-refractivity contribution in [2.45, 2.75) is 18.9 Å². The highest BCUT2D eigenvalue weighted by Crippen LogP contribution is 2.17. The standard InChI is InChI=1S/C14H17BrFN3O2/c15-11-2-1-9(7-12(11)16)14(21)18-10-3-5-19(6-4-10)8-13(17)20/h1-2,7,10H,3-6,8H2,(H2,17,20)(H,18,21). The second-order valence-corrected chi connectivity index (χ2v) is 5.97. The maximum Gasteiger partial charge on any atom is 0.251 e. The maximum atomic E-state index is 13.4. The molecule has 1 aromatic rings. The predicted octanol–water partition coefficient (Wildman–Crippen LogP) is 1.27. The molecule has 5 nitrogen and oxygen atoms in total. The van der Waals surface area contributed by atoms with Crippen molar-refractivity contribution >= 4 is 27.7 Å². The molecule has 0 bridgehead atoms. The van der Waals surface area contributed by atoms with Crippen molar-refractivity contribution in [3.05, 3.63) is 34.1 Å². The monoisotopic (exact) mass is 357 g/mol. The Morgan fingerprint density at radius 1 is 1.38 bits per heavy atom. The number of halogens is 2. The summed E-state index contributed by atoms with van der Waals surface area (Å²) in [5.74, 6) is -1.09. The highest BCUT2D eigenvalue weighted by molar-refractivity contribution is 9.10. The number of carbonyl (C=O) groups excluding carboxylic acids is 2. The van der Waals surface area contributed by atoms with E-state index in [0.29, 0.717) is 23.1 Å². The summed E-state index contributed by atoms with van der Waals surface area (Å²) in [4.78, 5) is 24.9. The van der Waals surface area contributed by atoms with Gasteiger partial charge in [-0.15, -0.1) is 0 Å². The van der Waals surface area contributed by atoms with E-state index in [1.807, 2.05) is 4.90 Å². The zero-order chi connectivity index (χ0) is 15.4. The summed E-state index contributed by atoms with van der Waals surface area (Å²) in [7, 11) is 0. The summed E-state index contributed by atoms with van der Waals surface area (Å²) in [6.45, 7) is 1.67. The van der Waals surface area contributed by atoms with E-state index in [1.54, 1.807) is 6.07 Å². The van der Waals surface area contributed by atoms with Crippen molar-refractivity contribution in [3.8, 4) is 0 Å². The molecule has 114 valence electrons. The first kappa shape index (κ1) is 15.9. The average molecular weight is 358 g/mol. The molecule has 3 N–H and O–H groups in total. The largest absolute Gasteiger partial charge is 0.369 e. The molecule has 0 radical (unpaired) electrons. The van der Waals surface area contributed by atoms with E-state index >= 15 is 0 Å². The van der Waals surface area contributed by atoms with Gasteiger partial charge in [0.15, 0.2) is 0 Å². The van der Waals surface area contributed by atoms with Gasteiger partial charge in [0.1, 0.15) is 5.82 Å². The van der Waals surface area contributed by atoms with Gasteiger partial charge in [-0.3, -0.25) is 14.5 Å². The molecule has 1 aromatic carbocycles. The number of piperidine rings is 1. The van der Waals surface area contributed by atoms with Crippen LogP contribution in [0.2, 0.25) is 0 Å². The van der Waals surface area contributed by atoms with Gasteiger partial charge in [0, 0.05) is 24.7 Å². The van der Waals surface area contributed by atoms with Crippen molar-refractivity contribution < 1.29 is 14.0 Å². The molecule has 0 atom stereocenters. The lowest BCUT2D eigenvalue weighted by Gasteiger charge is -2.31. The van der Waals surface area contributed by atoms with E-state index in [0.717, 1.165) is 12.8 Å². The topological polar surface area (TPSA) is 75.4 Å². The lowest BCUT2D eigenvalue weighted by atomic mass is 10.0. The molecule has 0 unspecified atom stereocenters. The molecule has 7 heteroatoms. The summed E-state index contributed by atoms with van der Waals surface area (Å²) >= 11 is 3.05. The molecule has 0 saturated carbocycles. The van der Waals surface area contributed by atoms with Gasteiger partial charge in [-0.2, -0.15) is 0 Å². The van der Waals surface area contributed by atoms with Gasteiger partial charge in [-0.25, -0.2) is 4.39 Å². The molecule has 0 aliphatic carbocycles. The Kier molecular flexibility index (Phi) is 5.30. The van der Waals surface area contributed by atoms with Crippen LogP contribution in [-0.4, -0.2) is 42.4 Å². The second kappa shape index (κ2) is 7.00. The van der Waals surface area contributed by atoms with E-state index in [4.69, 9.17) is 5.73 Å². The number of likely N-dealkylation sites (tertiary alicyclic amines) is 1. The van der Waals surface area contributed by atoms with E-state index in [9.17, 15) is 14.0 Å². The molecule has 2 rings (SSSR count). The number of hydrogen-bond donors (Lipinski definition) is 2. The fourth-order valence-electron chi connectivity index (χ4n) is 2.36. The lowest BCUT2D eigenvalue weighted by molar-refractivity contribution is -0.119. The van der Waals surface area contributed by atoms with Crippen LogP contribution in [-0.2, 0) is 4.79 Å². The Morgan fingerprint density at radius 2 is 2.05 bits per heavy atom. The fraction of sp³-hybridized carbons (Fsp3) is 0.429. The number of nitrogens with one attached hydrogen (secondary N) is 1. The smallest absolute Gasteiger partial charge is 0.251 e. The Bertz CT molecular complexity index is 545. The minimum Gasteiger partial charge on any atom is -0.369 e. The number of carbonyl (C=O) groups is 2. The first-order valence-electron chi connectivity index (χ1n) is 6.72. The molecular formula is C14H17BrFN3O2. The molecule has 2 amide bonds. The van der Waals surface area contributed by atoms with Crippen LogP contribution in [0, 0.1) is 5.82 Å². The minimum absolute atomic E-state index is 0.0355. The molecule has 21 heavy (non-hydrogen) atoms. The van der Waals surface area contributed by atoms with E-state index in [2.05, 4.69) is 21.2 Å². The number of primary amides is 1. The van der Waals surface area contributed by atoms with Gasteiger partial charge < -0.3 is 11.1 Å². The van der Waals surface area contributed by atoms with Crippen LogP contribution in [0.4, 0.5) is 4.39 Å². The molecule has 1 heterocycles. The first-order valence-corrected chi connectivity index (χ1v) is 7.51. The highest BCUT2D eigenvalue weighted by atomic mass is 79.9. The first-order chi connectivity index (χ1) is 9.95. The van der Waals surface area contributed by atoms with E-state index in [-0.39, 0.29) is 24.4 Å². The van der Waals surface area contributed by atoms with Crippen molar-refractivity contribution in [1.82, 2.24) is 10.2 Å². The third kappa shape index (κ3) is 4.50. The summed E-state index contributed by atoms with van der Waals surface area (Å²) in [5, 5.41) is 2.89. The fourth-order valence-corrected chi connectivity index (χ4v) is 2.61. The van der Waals surface area contributed by atoms with Crippen molar-refractivity contribution in [2.24, 2.45) is 5.73 Å². The number of amides is 2. The van der Waals surface area contributed by atoms with Crippen LogP contribution in [0.5, 0.6) is 0 Å². The minimum atomic E-state index is -0.459. The van der Waals surface area contributed by atoms with Gasteiger partial charge in [0.25, 0.3) is 5.91 Å². The van der Waals surface area contributed by atoms with Crippen LogP contribution >= 0.6 is 15.9 Å². The van der Waals surface area contributed by atoms with Crippen LogP contribution in [0.3, 0.4) is 0 Å². The van der Waals surface area contributed by atoms with Crippen molar-refractivity contribution in [2.75, 3.05) is 19.6 Å². The average Bonchev–Trinajstić information content (AvgIpc) is 2.43. The molecule has 0 spiro atoms. The zero-order valence-electron chi connectivity index (χ0n) is 11.4. The Hall–Kier alpha value is -1.47. The Morgan fingerprint density at radius 3 is 2.62 bits per heavy atom. The zero-order valence-corrected chi connectivity index (χ0v) is 13.0. The summed E-state index contributed by atoms with van der Waals surface area (Å²) < 4.78 is 13.7. The molecular weight excluding hydrogens is 341 g/mol. The van der Waals surface area contributed by atoms with E-state index < -0.39 is 5.82 Å². The van der Waals surface area contributed by atoms with Crippen LogP contribution in [0.1, 0.15) is 23.2 Å². The SMILES string of the molecule is NC(=O)CN1CCC(NC(=O)c2ccc(Br)c(F)c2)CC1. The van der Waals surface area contributed by atoms with Crippen LogP contribution in [0.25, 0.3) is 0 Å². The van der Waals surface area contributed by atoms with Gasteiger partial charge >= 0.3 is 0 Å². The molecule has 1 saturated heterocycles. The van der Waals surface area contributed by atoms with Crippen LogP contribution < -0.4 is 11.1 Å². The number of nitrogens with two attached hydrogens (primary N) is 1. The Balaban J connectivity index is 1.86. The highest BCUT2D eigenvalue weighted by Gasteiger charge is 2.22. The normalized spacial score (nSPS) is 16.7. The summed E-state index contributed by atoms with van der Waals surface area (Å²) in [6.07, 6.45) is 1.50. The van der Waals surface area contributed by atoms with Gasteiger partial charge in [-0.05, 0) is 47.0 Å². The molecule has 1 fully saturated rings. The number of nitrogens with zero attached hydrogens (tertiary/aromatic N) is 1. The maximum absolute atomic E-state index is 13.4. The van der Waals surface area contributed by atoms with Crippen molar-refractivity contribution in [3.63, 3.8) is 0 Å². The Labute approximate surface area is 130 Å². The number of rotatable bonds is 4. The number of hydrogen-bond acceptors (Lipinski definition) is 3. The summed E-state index contributed by atoms with van der Waals surface area (Å²) in [5.41, 5.74) is 5.45. The molecule has 0 aromatic heterocycles. The predicted molar refractivity (Wildman–Crippen MR) is 80.2 cm³/mol. The third-order valence-corrected chi connectivity index (χ3v) is 4.13. The molecule has 1 aliphatic rings. The van der Waals surface area contributed by atoms with Crippen LogP contribution in [0.15, 0.2) is 22.7 Å². The summed E-state index contributed by atoms with van der Waals surface area (Å²) in [6, 6.07) is 4.33. The van der Waals surface area contributed by atoms with Crippen molar-refractivity contribution in [1.29, 1.82) is 0 Å². The van der Waals surface area contributed by atoms with Gasteiger partial charge in [-0.1, -0.05) is 0 Å². The quantitative estimate of drug-likeness (QED) is 0.851. The lowest BCUT2D eigenvalue weighted by Crippen LogP contribution is -2.46.